The molecule has 1 N–H and O–H groups in total. The van der Waals surface area contributed by atoms with Crippen LogP contribution in [0, 0.1) is 24.6 Å². The predicted octanol–water partition coefficient (Wildman–Crippen LogP) is 2.45. The maximum Gasteiger partial charge on any atom is 0.142 e. The van der Waals surface area contributed by atoms with Gasteiger partial charge < -0.3 is 9.84 Å². The second-order valence-corrected chi connectivity index (χ2v) is 4.16. The van der Waals surface area contributed by atoms with E-state index >= 15 is 0 Å². The standard InChI is InChI=1S/C16H14FNO2/c1-12-4-2-6-14(18-12)11-20-15-8-7-13(5-3-9-19)16(17)10-15/h2,4,6-8,10,19H,9,11H2,1H3. The van der Waals surface area contributed by atoms with Gasteiger partial charge in [0.25, 0.3) is 0 Å². The fourth-order valence-electron chi connectivity index (χ4n) is 1.66. The molecule has 0 spiro atoms. The second-order valence-electron chi connectivity index (χ2n) is 4.16. The van der Waals surface area contributed by atoms with Gasteiger partial charge in [-0.15, -0.1) is 0 Å². The number of hydrogen-bond donors (Lipinski definition) is 1. The Morgan fingerprint density at radius 2 is 2.15 bits per heavy atom. The zero-order valence-electron chi connectivity index (χ0n) is 11.1. The topological polar surface area (TPSA) is 42.4 Å². The lowest BCUT2D eigenvalue weighted by molar-refractivity contribution is 0.299. The van der Waals surface area contributed by atoms with E-state index in [0.29, 0.717) is 5.75 Å². The summed E-state index contributed by atoms with van der Waals surface area (Å²) >= 11 is 0. The van der Waals surface area contributed by atoms with E-state index in [1.54, 1.807) is 6.07 Å². The molecule has 0 saturated carbocycles. The molecule has 3 nitrogen and oxygen atoms in total. The first kappa shape index (κ1) is 14.0. The van der Waals surface area contributed by atoms with Gasteiger partial charge in [-0.05, 0) is 31.2 Å². The highest BCUT2D eigenvalue weighted by Gasteiger charge is 2.03. The van der Waals surface area contributed by atoms with E-state index in [-0.39, 0.29) is 18.8 Å². The number of aliphatic hydroxyl groups is 1. The van der Waals surface area contributed by atoms with Gasteiger partial charge in [0.2, 0.25) is 0 Å². The Morgan fingerprint density at radius 3 is 2.85 bits per heavy atom. The maximum absolute atomic E-state index is 13.7. The molecule has 0 unspecified atom stereocenters. The number of aryl methyl sites for hydroxylation is 1. The average molecular weight is 271 g/mol. The molecular weight excluding hydrogens is 257 g/mol. The largest absolute Gasteiger partial charge is 0.487 e. The quantitative estimate of drug-likeness (QED) is 0.872. The van der Waals surface area contributed by atoms with E-state index in [1.165, 1.54) is 12.1 Å². The predicted molar refractivity (Wildman–Crippen MR) is 73.7 cm³/mol. The minimum absolute atomic E-state index is 0.236. The summed E-state index contributed by atoms with van der Waals surface area (Å²) in [5.74, 6) is 4.88. The van der Waals surface area contributed by atoms with Gasteiger partial charge in [0.1, 0.15) is 24.8 Å². The molecule has 2 aromatic rings. The Morgan fingerprint density at radius 1 is 1.30 bits per heavy atom. The number of nitrogens with zero attached hydrogens (tertiary/aromatic N) is 1. The van der Waals surface area contributed by atoms with Crippen LogP contribution in [0.15, 0.2) is 36.4 Å². The summed E-state index contributed by atoms with van der Waals surface area (Å²) in [6, 6.07) is 10.1. The van der Waals surface area contributed by atoms with Gasteiger partial charge in [-0.1, -0.05) is 17.9 Å². The van der Waals surface area contributed by atoms with Crippen LogP contribution >= 0.6 is 0 Å². The van der Waals surface area contributed by atoms with Crippen LogP contribution in [0.25, 0.3) is 0 Å². The van der Waals surface area contributed by atoms with Crippen molar-refractivity contribution < 1.29 is 14.2 Å². The summed E-state index contributed by atoms with van der Waals surface area (Å²) in [4.78, 5) is 4.30. The molecule has 1 aromatic heterocycles. The molecule has 2 rings (SSSR count). The lowest BCUT2D eigenvalue weighted by Crippen LogP contribution is -1.99. The molecular formula is C16H14FNO2. The number of rotatable bonds is 3. The van der Waals surface area contributed by atoms with Gasteiger partial charge in [-0.3, -0.25) is 4.98 Å². The van der Waals surface area contributed by atoms with Crippen molar-refractivity contribution in [1.29, 1.82) is 0 Å². The van der Waals surface area contributed by atoms with E-state index in [2.05, 4.69) is 16.8 Å². The van der Waals surface area contributed by atoms with Gasteiger partial charge >= 0.3 is 0 Å². The highest BCUT2D eigenvalue weighted by molar-refractivity contribution is 5.39. The molecule has 0 amide bonds. The van der Waals surface area contributed by atoms with E-state index in [0.717, 1.165) is 11.4 Å². The summed E-state index contributed by atoms with van der Waals surface area (Å²) in [6.45, 7) is 1.89. The third kappa shape index (κ3) is 3.81. The SMILES string of the molecule is Cc1cccc(COc2ccc(C#CCO)c(F)c2)n1. The lowest BCUT2D eigenvalue weighted by Gasteiger charge is -2.07. The molecule has 0 aliphatic carbocycles. The molecule has 0 saturated heterocycles. The molecule has 102 valence electrons. The first-order valence-corrected chi connectivity index (χ1v) is 6.13. The fraction of sp³-hybridized carbons (Fsp3) is 0.188. The maximum atomic E-state index is 13.7. The first-order valence-electron chi connectivity index (χ1n) is 6.13. The molecule has 0 radical (unpaired) electrons. The lowest BCUT2D eigenvalue weighted by atomic mass is 10.2. The molecule has 0 bridgehead atoms. The van der Waals surface area contributed by atoms with Gasteiger partial charge in [-0.25, -0.2) is 4.39 Å². The molecule has 20 heavy (non-hydrogen) atoms. The Bertz CT molecular complexity index is 659. The van der Waals surface area contributed by atoms with Gasteiger partial charge in [0.05, 0.1) is 11.3 Å². The van der Waals surface area contributed by atoms with Crippen molar-refractivity contribution in [2.45, 2.75) is 13.5 Å². The second kappa shape index (κ2) is 6.69. The van der Waals surface area contributed by atoms with Crippen LogP contribution in [0.5, 0.6) is 5.75 Å². The third-order valence-electron chi connectivity index (χ3n) is 2.58. The average Bonchev–Trinajstić information content (AvgIpc) is 2.44. The molecule has 0 aliphatic rings. The van der Waals surface area contributed by atoms with E-state index in [9.17, 15) is 4.39 Å². The van der Waals surface area contributed by atoms with Crippen LogP contribution < -0.4 is 4.74 Å². The first-order chi connectivity index (χ1) is 9.69. The van der Waals surface area contributed by atoms with Crippen molar-refractivity contribution in [2.24, 2.45) is 0 Å². The Labute approximate surface area is 117 Å². The minimum Gasteiger partial charge on any atom is -0.487 e. The number of pyridine rings is 1. The Kier molecular flexibility index (Phi) is 4.70. The normalized spacial score (nSPS) is 9.75. The van der Waals surface area contributed by atoms with Crippen LogP contribution in [-0.4, -0.2) is 16.7 Å². The van der Waals surface area contributed by atoms with E-state index in [4.69, 9.17) is 9.84 Å². The summed E-state index contributed by atoms with van der Waals surface area (Å²) in [5, 5.41) is 8.58. The van der Waals surface area contributed by atoms with Crippen molar-refractivity contribution in [1.82, 2.24) is 4.98 Å². The summed E-state index contributed by atoms with van der Waals surface area (Å²) < 4.78 is 19.2. The van der Waals surface area contributed by atoms with Crippen LogP contribution in [-0.2, 0) is 6.61 Å². The van der Waals surface area contributed by atoms with Crippen LogP contribution in [0.4, 0.5) is 4.39 Å². The highest BCUT2D eigenvalue weighted by Crippen LogP contribution is 2.17. The Balaban J connectivity index is 2.05. The summed E-state index contributed by atoms with van der Waals surface area (Å²) in [6.07, 6.45) is 0. The van der Waals surface area contributed by atoms with Gasteiger partial charge in [0, 0.05) is 11.8 Å². The number of aromatic nitrogens is 1. The van der Waals surface area contributed by atoms with Crippen molar-refractivity contribution in [3.63, 3.8) is 0 Å². The summed E-state index contributed by atoms with van der Waals surface area (Å²) in [7, 11) is 0. The number of hydrogen-bond acceptors (Lipinski definition) is 3. The minimum atomic E-state index is -0.472. The highest BCUT2D eigenvalue weighted by atomic mass is 19.1. The third-order valence-corrected chi connectivity index (χ3v) is 2.58. The zero-order valence-corrected chi connectivity index (χ0v) is 11.1. The van der Waals surface area contributed by atoms with Crippen LogP contribution in [0.2, 0.25) is 0 Å². The molecule has 0 fully saturated rings. The molecule has 1 heterocycles. The van der Waals surface area contributed by atoms with Crippen molar-refractivity contribution in [3.05, 3.63) is 59.2 Å². The number of halogens is 1. The number of aliphatic hydroxyl groups excluding tert-OH is 1. The van der Waals surface area contributed by atoms with Gasteiger partial charge in [0.15, 0.2) is 0 Å². The van der Waals surface area contributed by atoms with Gasteiger partial charge in [-0.2, -0.15) is 0 Å². The van der Waals surface area contributed by atoms with Crippen molar-refractivity contribution in [2.75, 3.05) is 6.61 Å². The smallest absolute Gasteiger partial charge is 0.142 e. The fourth-order valence-corrected chi connectivity index (χ4v) is 1.66. The van der Waals surface area contributed by atoms with E-state index in [1.807, 2.05) is 25.1 Å². The van der Waals surface area contributed by atoms with Crippen molar-refractivity contribution >= 4 is 0 Å². The molecule has 0 aliphatic heterocycles. The van der Waals surface area contributed by atoms with Crippen LogP contribution in [0.3, 0.4) is 0 Å². The molecule has 0 atom stereocenters. The Hall–Kier alpha value is -2.38. The number of ether oxygens (including phenoxy) is 1. The molecule has 4 heteroatoms. The monoisotopic (exact) mass is 271 g/mol. The van der Waals surface area contributed by atoms with E-state index < -0.39 is 5.82 Å². The molecule has 1 aromatic carbocycles. The summed E-state index contributed by atoms with van der Waals surface area (Å²) in [5.41, 5.74) is 1.93. The zero-order chi connectivity index (χ0) is 14.4. The number of benzene rings is 1. The van der Waals surface area contributed by atoms with Crippen LogP contribution in [0.1, 0.15) is 17.0 Å². The van der Waals surface area contributed by atoms with Crippen molar-refractivity contribution in [3.8, 4) is 17.6 Å².